The van der Waals surface area contributed by atoms with Gasteiger partial charge in [0.05, 0.1) is 6.54 Å². The number of para-hydroxylation sites is 1. The number of halogens is 2. The molecule has 2 aromatic rings. The molecule has 0 atom stereocenters. The van der Waals surface area contributed by atoms with Crippen molar-refractivity contribution in [2.75, 3.05) is 5.73 Å². The highest BCUT2D eigenvalue weighted by Gasteiger charge is 2.07. The Labute approximate surface area is 142 Å². The first kappa shape index (κ1) is 20.2. The highest BCUT2D eigenvalue weighted by Crippen LogP contribution is 2.12. The van der Waals surface area contributed by atoms with E-state index in [1.807, 2.05) is 35.8 Å². The van der Waals surface area contributed by atoms with E-state index in [1.54, 1.807) is 6.33 Å². The van der Waals surface area contributed by atoms with E-state index in [2.05, 4.69) is 15.5 Å². The van der Waals surface area contributed by atoms with Crippen LogP contribution < -0.4 is 11.1 Å². The third kappa shape index (κ3) is 5.54. The summed E-state index contributed by atoms with van der Waals surface area (Å²) in [6.07, 6.45) is 2.71. The van der Waals surface area contributed by atoms with Gasteiger partial charge < -0.3 is 15.6 Å². The van der Waals surface area contributed by atoms with Gasteiger partial charge in [-0.05, 0) is 25.0 Å². The summed E-state index contributed by atoms with van der Waals surface area (Å²) >= 11 is 0. The normalized spacial score (nSPS) is 9.50. The van der Waals surface area contributed by atoms with Crippen LogP contribution in [0.4, 0.5) is 5.69 Å². The van der Waals surface area contributed by atoms with Crippen molar-refractivity contribution in [3.63, 3.8) is 0 Å². The Bertz CT molecular complexity index is 588. The fourth-order valence-corrected chi connectivity index (χ4v) is 1.96. The van der Waals surface area contributed by atoms with Gasteiger partial charge in [-0.25, -0.2) is 0 Å². The Kier molecular flexibility index (Phi) is 9.21. The number of nitrogen functional groups attached to an aromatic ring is 1. The Hall–Kier alpha value is -1.79. The van der Waals surface area contributed by atoms with Crippen molar-refractivity contribution < 1.29 is 4.79 Å². The largest absolute Gasteiger partial charge is 0.399 e. The van der Waals surface area contributed by atoms with Crippen LogP contribution in [0, 0.1) is 0 Å². The first-order chi connectivity index (χ1) is 9.70. The van der Waals surface area contributed by atoms with E-state index in [0.717, 1.165) is 23.6 Å². The molecule has 1 aromatic heterocycles. The molecule has 0 saturated heterocycles. The number of carbonyl (C=O) groups is 1. The molecule has 0 saturated carbocycles. The summed E-state index contributed by atoms with van der Waals surface area (Å²) in [6, 6.07) is 7.59. The summed E-state index contributed by atoms with van der Waals surface area (Å²) in [7, 11) is 0. The molecule has 0 aliphatic heterocycles. The predicted octanol–water partition coefficient (Wildman–Crippen LogP) is 1.97. The van der Waals surface area contributed by atoms with Crippen molar-refractivity contribution in [3.05, 3.63) is 42.0 Å². The Morgan fingerprint density at radius 1 is 1.32 bits per heavy atom. The molecule has 0 unspecified atom stereocenters. The molecule has 0 fully saturated rings. The summed E-state index contributed by atoms with van der Waals surface area (Å²) in [6.45, 7) is 3.20. The highest BCUT2D eigenvalue weighted by atomic mass is 35.5. The molecule has 1 heterocycles. The molecule has 1 aromatic carbocycles. The van der Waals surface area contributed by atoms with Crippen LogP contribution in [0.2, 0.25) is 0 Å². The smallest absolute Gasteiger partial charge is 0.220 e. The number of rotatable bonds is 6. The summed E-state index contributed by atoms with van der Waals surface area (Å²) in [4.78, 5) is 11.8. The molecule has 0 radical (unpaired) electrons. The zero-order chi connectivity index (χ0) is 14.4. The van der Waals surface area contributed by atoms with Crippen LogP contribution in [-0.4, -0.2) is 20.7 Å². The van der Waals surface area contributed by atoms with Crippen LogP contribution in [0.25, 0.3) is 0 Å². The molecule has 8 heteroatoms. The van der Waals surface area contributed by atoms with Crippen molar-refractivity contribution >= 4 is 36.4 Å². The number of hydrogen-bond acceptors (Lipinski definition) is 4. The van der Waals surface area contributed by atoms with Gasteiger partial charge in [0.1, 0.15) is 6.33 Å². The standard InChI is InChI=1S/C14H19N5O.2ClH/c1-2-19-10-17-18-13(19)9-16-14(20)8-7-11-5-3-4-6-12(11)15;;/h3-6,10H,2,7-9,15H2,1H3,(H,16,20);2*1H. The molecule has 6 nitrogen and oxygen atoms in total. The van der Waals surface area contributed by atoms with Crippen LogP contribution in [-0.2, 0) is 24.3 Å². The van der Waals surface area contributed by atoms with Crippen LogP contribution in [0.15, 0.2) is 30.6 Å². The second-order valence-electron chi connectivity index (χ2n) is 4.51. The van der Waals surface area contributed by atoms with E-state index in [-0.39, 0.29) is 30.7 Å². The minimum atomic E-state index is -0.0149. The Morgan fingerprint density at radius 2 is 2.05 bits per heavy atom. The number of nitrogens with zero attached hydrogens (tertiary/aromatic N) is 3. The van der Waals surface area contributed by atoms with Crippen molar-refractivity contribution in [2.45, 2.75) is 32.9 Å². The van der Waals surface area contributed by atoms with Gasteiger partial charge in [-0.1, -0.05) is 18.2 Å². The van der Waals surface area contributed by atoms with Crippen molar-refractivity contribution in [1.29, 1.82) is 0 Å². The fourth-order valence-electron chi connectivity index (χ4n) is 1.96. The average Bonchev–Trinajstić information content (AvgIpc) is 2.91. The molecule has 0 aliphatic carbocycles. The zero-order valence-electron chi connectivity index (χ0n) is 12.4. The molecule has 1 amide bonds. The third-order valence-corrected chi connectivity index (χ3v) is 3.16. The van der Waals surface area contributed by atoms with Crippen molar-refractivity contribution in [1.82, 2.24) is 20.1 Å². The maximum absolute atomic E-state index is 11.8. The lowest BCUT2D eigenvalue weighted by molar-refractivity contribution is -0.121. The Morgan fingerprint density at radius 3 is 2.73 bits per heavy atom. The number of benzene rings is 1. The van der Waals surface area contributed by atoms with Gasteiger partial charge in [-0.2, -0.15) is 0 Å². The highest BCUT2D eigenvalue weighted by molar-refractivity contribution is 5.85. The number of nitrogens with two attached hydrogens (primary N) is 1. The molecule has 3 N–H and O–H groups in total. The van der Waals surface area contributed by atoms with E-state index in [4.69, 9.17) is 5.73 Å². The zero-order valence-corrected chi connectivity index (χ0v) is 14.0. The van der Waals surface area contributed by atoms with E-state index in [1.165, 1.54) is 0 Å². The quantitative estimate of drug-likeness (QED) is 0.783. The SMILES string of the molecule is CCn1cnnc1CNC(=O)CCc1ccccc1N.Cl.Cl. The minimum absolute atomic E-state index is 0. The van der Waals surface area contributed by atoms with Gasteiger partial charge in [0.2, 0.25) is 5.91 Å². The number of amides is 1. The topological polar surface area (TPSA) is 85.8 Å². The number of aryl methyl sites for hydroxylation is 2. The van der Waals surface area contributed by atoms with Gasteiger partial charge in [0.25, 0.3) is 0 Å². The molecule has 0 aliphatic rings. The summed E-state index contributed by atoms with van der Waals surface area (Å²) in [5.41, 5.74) is 7.57. The third-order valence-electron chi connectivity index (χ3n) is 3.16. The fraction of sp³-hybridized carbons (Fsp3) is 0.357. The second kappa shape index (κ2) is 10.0. The molecular formula is C14H21Cl2N5O. The number of hydrogen-bond donors (Lipinski definition) is 2. The van der Waals surface area contributed by atoms with E-state index in [0.29, 0.717) is 19.4 Å². The first-order valence-electron chi connectivity index (χ1n) is 6.67. The lowest BCUT2D eigenvalue weighted by Gasteiger charge is -2.07. The monoisotopic (exact) mass is 345 g/mol. The number of carbonyl (C=O) groups excluding carboxylic acids is 1. The van der Waals surface area contributed by atoms with Crippen LogP contribution in [0.1, 0.15) is 24.7 Å². The van der Waals surface area contributed by atoms with Crippen LogP contribution >= 0.6 is 24.8 Å². The van der Waals surface area contributed by atoms with Gasteiger partial charge in [-0.3, -0.25) is 4.79 Å². The molecule has 0 bridgehead atoms. The lowest BCUT2D eigenvalue weighted by Crippen LogP contribution is -2.25. The number of anilines is 1. The van der Waals surface area contributed by atoms with Crippen LogP contribution in [0.3, 0.4) is 0 Å². The molecular weight excluding hydrogens is 325 g/mol. The summed E-state index contributed by atoms with van der Waals surface area (Å²) < 4.78 is 1.90. The van der Waals surface area contributed by atoms with E-state index in [9.17, 15) is 4.79 Å². The average molecular weight is 346 g/mol. The van der Waals surface area contributed by atoms with Gasteiger partial charge >= 0.3 is 0 Å². The van der Waals surface area contributed by atoms with Gasteiger partial charge in [0.15, 0.2) is 5.82 Å². The summed E-state index contributed by atoms with van der Waals surface area (Å²) in [5.74, 6) is 0.749. The second-order valence-corrected chi connectivity index (χ2v) is 4.51. The first-order valence-corrected chi connectivity index (χ1v) is 6.67. The minimum Gasteiger partial charge on any atom is -0.399 e. The maximum Gasteiger partial charge on any atom is 0.220 e. The van der Waals surface area contributed by atoms with Crippen molar-refractivity contribution in [2.24, 2.45) is 0 Å². The lowest BCUT2D eigenvalue weighted by atomic mass is 10.1. The Balaban J connectivity index is 0.00000220. The molecule has 0 spiro atoms. The van der Waals surface area contributed by atoms with Crippen molar-refractivity contribution in [3.8, 4) is 0 Å². The summed E-state index contributed by atoms with van der Waals surface area (Å²) in [5, 5.41) is 10.6. The van der Waals surface area contributed by atoms with Gasteiger partial charge in [-0.15, -0.1) is 35.0 Å². The molecule has 22 heavy (non-hydrogen) atoms. The van der Waals surface area contributed by atoms with Crippen LogP contribution in [0.5, 0.6) is 0 Å². The maximum atomic E-state index is 11.8. The predicted molar refractivity (Wildman–Crippen MR) is 91.2 cm³/mol. The van der Waals surface area contributed by atoms with Gasteiger partial charge in [0, 0.05) is 18.7 Å². The number of nitrogens with one attached hydrogen (secondary N) is 1. The van der Waals surface area contributed by atoms with E-state index >= 15 is 0 Å². The number of aromatic nitrogens is 3. The molecule has 122 valence electrons. The molecule has 2 rings (SSSR count). The van der Waals surface area contributed by atoms with E-state index < -0.39 is 0 Å².